The van der Waals surface area contributed by atoms with Crippen molar-refractivity contribution in [3.05, 3.63) is 59.2 Å². The van der Waals surface area contributed by atoms with E-state index in [2.05, 4.69) is 23.5 Å². The molecule has 0 atom stereocenters. The van der Waals surface area contributed by atoms with Crippen LogP contribution in [0, 0.1) is 13.8 Å². The highest BCUT2D eigenvalue weighted by molar-refractivity contribution is 8.00. The van der Waals surface area contributed by atoms with E-state index in [1.165, 1.54) is 22.9 Å². The molecular weight excluding hydrogens is 282 g/mol. The lowest BCUT2D eigenvalue weighted by molar-refractivity contribution is -0.113. The highest BCUT2D eigenvalue weighted by Crippen LogP contribution is 2.23. The van der Waals surface area contributed by atoms with Gasteiger partial charge < -0.3 is 10.4 Å². The molecule has 0 spiro atoms. The SMILES string of the molecule is Cc1ccc(C)c(SCC(=O)Nc2cccc(CO)c2)c1. The molecule has 2 aromatic rings. The average Bonchev–Trinajstić information content (AvgIpc) is 2.48. The van der Waals surface area contributed by atoms with Crippen molar-refractivity contribution in [2.75, 3.05) is 11.1 Å². The van der Waals surface area contributed by atoms with Crippen LogP contribution in [0.3, 0.4) is 0 Å². The van der Waals surface area contributed by atoms with Crippen LogP contribution in [0.25, 0.3) is 0 Å². The quantitative estimate of drug-likeness (QED) is 0.831. The van der Waals surface area contributed by atoms with Crippen LogP contribution < -0.4 is 5.32 Å². The Morgan fingerprint density at radius 3 is 2.76 bits per heavy atom. The molecule has 2 rings (SSSR count). The Morgan fingerprint density at radius 2 is 2.00 bits per heavy atom. The van der Waals surface area contributed by atoms with Crippen LogP contribution in [0.1, 0.15) is 16.7 Å². The zero-order valence-electron chi connectivity index (χ0n) is 12.2. The van der Waals surface area contributed by atoms with E-state index in [9.17, 15) is 4.79 Å². The third kappa shape index (κ3) is 4.62. The van der Waals surface area contributed by atoms with Crippen LogP contribution >= 0.6 is 11.8 Å². The number of amides is 1. The van der Waals surface area contributed by atoms with Gasteiger partial charge in [-0.25, -0.2) is 0 Å². The summed E-state index contributed by atoms with van der Waals surface area (Å²) >= 11 is 1.54. The summed E-state index contributed by atoms with van der Waals surface area (Å²) in [6, 6.07) is 13.5. The third-order valence-corrected chi connectivity index (χ3v) is 4.25. The number of anilines is 1. The first kappa shape index (κ1) is 15.6. The van der Waals surface area contributed by atoms with E-state index < -0.39 is 0 Å². The fraction of sp³-hybridized carbons (Fsp3) is 0.235. The smallest absolute Gasteiger partial charge is 0.234 e. The standard InChI is InChI=1S/C17H19NO2S/c1-12-6-7-13(2)16(8-12)21-11-17(20)18-15-5-3-4-14(9-15)10-19/h3-9,19H,10-11H2,1-2H3,(H,18,20). The van der Waals surface area contributed by atoms with Gasteiger partial charge in [0.05, 0.1) is 12.4 Å². The normalized spacial score (nSPS) is 10.4. The Hall–Kier alpha value is -1.78. The number of nitrogens with one attached hydrogen (secondary N) is 1. The van der Waals surface area contributed by atoms with Crippen LogP contribution in [-0.4, -0.2) is 16.8 Å². The molecule has 0 aliphatic heterocycles. The van der Waals surface area contributed by atoms with Crippen molar-refractivity contribution in [3.63, 3.8) is 0 Å². The molecule has 3 nitrogen and oxygen atoms in total. The molecule has 0 aromatic heterocycles. The number of aryl methyl sites for hydroxylation is 2. The second-order valence-corrected chi connectivity index (χ2v) is 5.98. The molecule has 0 saturated heterocycles. The van der Waals surface area contributed by atoms with E-state index in [1.807, 2.05) is 32.0 Å². The van der Waals surface area contributed by atoms with E-state index in [1.54, 1.807) is 6.07 Å². The first-order chi connectivity index (χ1) is 10.1. The second kappa shape index (κ2) is 7.29. The largest absolute Gasteiger partial charge is 0.392 e. The number of benzene rings is 2. The molecule has 0 heterocycles. The van der Waals surface area contributed by atoms with Crippen molar-refractivity contribution in [1.82, 2.24) is 0 Å². The number of aliphatic hydroxyl groups is 1. The van der Waals surface area contributed by atoms with Gasteiger partial charge in [0.2, 0.25) is 5.91 Å². The number of hydrogen-bond donors (Lipinski definition) is 2. The van der Waals surface area contributed by atoms with Gasteiger partial charge in [-0.05, 0) is 43.2 Å². The van der Waals surface area contributed by atoms with Gasteiger partial charge in [-0.2, -0.15) is 0 Å². The number of carbonyl (C=O) groups excluding carboxylic acids is 1. The molecule has 2 N–H and O–H groups in total. The Balaban J connectivity index is 1.94. The fourth-order valence-corrected chi connectivity index (χ4v) is 2.87. The maximum absolute atomic E-state index is 12.0. The van der Waals surface area contributed by atoms with E-state index >= 15 is 0 Å². The zero-order chi connectivity index (χ0) is 15.2. The van der Waals surface area contributed by atoms with Gasteiger partial charge in [0.15, 0.2) is 0 Å². The van der Waals surface area contributed by atoms with Gasteiger partial charge in [-0.15, -0.1) is 11.8 Å². The first-order valence-corrected chi connectivity index (χ1v) is 7.77. The number of aliphatic hydroxyl groups excluding tert-OH is 1. The highest BCUT2D eigenvalue weighted by Gasteiger charge is 2.06. The van der Waals surface area contributed by atoms with Gasteiger partial charge in [0.1, 0.15) is 0 Å². The molecule has 0 aliphatic carbocycles. The van der Waals surface area contributed by atoms with Gasteiger partial charge >= 0.3 is 0 Å². The lowest BCUT2D eigenvalue weighted by Gasteiger charge is -2.08. The molecular formula is C17H19NO2S. The summed E-state index contributed by atoms with van der Waals surface area (Å²) in [7, 11) is 0. The summed E-state index contributed by atoms with van der Waals surface area (Å²) in [5, 5.41) is 11.9. The van der Waals surface area contributed by atoms with Gasteiger partial charge in [-0.1, -0.05) is 29.8 Å². The van der Waals surface area contributed by atoms with E-state index in [0.717, 1.165) is 10.5 Å². The lowest BCUT2D eigenvalue weighted by atomic mass is 10.2. The summed E-state index contributed by atoms with van der Waals surface area (Å²) < 4.78 is 0. The molecule has 4 heteroatoms. The Kier molecular flexibility index (Phi) is 5.42. The third-order valence-electron chi connectivity index (χ3n) is 3.10. The number of rotatable bonds is 5. The predicted molar refractivity (Wildman–Crippen MR) is 87.6 cm³/mol. The minimum absolute atomic E-state index is 0.0268. The summed E-state index contributed by atoms with van der Waals surface area (Å²) in [5.74, 6) is 0.323. The van der Waals surface area contributed by atoms with Crippen molar-refractivity contribution in [2.45, 2.75) is 25.3 Å². The Morgan fingerprint density at radius 1 is 1.19 bits per heavy atom. The maximum Gasteiger partial charge on any atom is 0.234 e. The minimum Gasteiger partial charge on any atom is -0.392 e. The number of hydrogen-bond acceptors (Lipinski definition) is 3. The van der Waals surface area contributed by atoms with E-state index in [0.29, 0.717) is 11.4 Å². The first-order valence-electron chi connectivity index (χ1n) is 6.78. The number of thioether (sulfide) groups is 1. The second-order valence-electron chi connectivity index (χ2n) is 4.96. The molecule has 0 unspecified atom stereocenters. The Bertz CT molecular complexity index is 640. The molecule has 0 saturated carbocycles. The molecule has 0 bridgehead atoms. The van der Waals surface area contributed by atoms with Crippen molar-refractivity contribution >= 4 is 23.4 Å². The summed E-state index contributed by atoms with van der Waals surface area (Å²) in [5.41, 5.74) is 3.88. The summed E-state index contributed by atoms with van der Waals surface area (Å²) in [6.45, 7) is 4.06. The Labute approximate surface area is 129 Å². The molecule has 1 amide bonds. The van der Waals surface area contributed by atoms with Gasteiger partial charge in [-0.3, -0.25) is 4.79 Å². The molecule has 110 valence electrons. The van der Waals surface area contributed by atoms with Crippen LogP contribution in [0.5, 0.6) is 0 Å². The number of carbonyl (C=O) groups is 1. The fourth-order valence-electron chi connectivity index (χ4n) is 1.95. The molecule has 0 radical (unpaired) electrons. The van der Waals surface area contributed by atoms with Gasteiger partial charge in [0.25, 0.3) is 0 Å². The molecule has 2 aromatic carbocycles. The molecule has 0 fully saturated rings. The lowest BCUT2D eigenvalue weighted by Crippen LogP contribution is -2.14. The monoisotopic (exact) mass is 301 g/mol. The van der Waals surface area contributed by atoms with Gasteiger partial charge in [0, 0.05) is 10.6 Å². The summed E-state index contributed by atoms with van der Waals surface area (Å²) in [6.07, 6.45) is 0. The van der Waals surface area contributed by atoms with Crippen LogP contribution in [0.15, 0.2) is 47.4 Å². The van der Waals surface area contributed by atoms with Crippen LogP contribution in [0.4, 0.5) is 5.69 Å². The van der Waals surface area contributed by atoms with Crippen molar-refractivity contribution in [2.24, 2.45) is 0 Å². The zero-order valence-corrected chi connectivity index (χ0v) is 13.0. The van der Waals surface area contributed by atoms with Crippen molar-refractivity contribution in [3.8, 4) is 0 Å². The van der Waals surface area contributed by atoms with E-state index in [4.69, 9.17) is 5.11 Å². The predicted octanol–water partition coefficient (Wildman–Crippen LogP) is 3.53. The van der Waals surface area contributed by atoms with Crippen molar-refractivity contribution in [1.29, 1.82) is 0 Å². The van der Waals surface area contributed by atoms with Crippen LogP contribution in [-0.2, 0) is 11.4 Å². The van der Waals surface area contributed by atoms with E-state index in [-0.39, 0.29) is 12.5 Å². The van der Waals surface area contributed by atoms with Crippen molar-refractivity contribution < 1.29 is 9.90 Å². The maximum atomic E-state index is 12.0. The summed E-state index contributed by atoms with van der Waals surface area (Å²) in [4.78, 5) is 13.1. The topological polar surface area (TPSA) is 49.3 Å². The average molecular weight is 301 g/mol. The molecule has 21 heavy (non-hydrogen) atoms. The minimum atomic E-state index is -0.0454. The highest BCUT2D eigenvalue weighted by atomic mass is 32.2. The molecule has 0 aliphatic rings. The van der Waals surface area contributed by atoms with Crippen LogP contribution in [0.2, 0.25) is 0 Å².